The highest BCUT2D eigenvalue weighted by Crippen LogP contribution is 2.29. The van der Waals surface area contributed by atoms with Crippen molar-refractivity contribution >= 4 is 17.4 Å². The molecule has 2 nitrogen and oxygen atoms in total. The molecule has 0 aliphatic carbocycles. The molecule has 1 aromatic carbocycles. The number of alkyl halides is 3. The van der Waals surface area contributed by atoms with Crippen LogP contribution in [0.2, 0.25) is 5.02 Å². The summed E-state index contributed by atoms with van der Waals surface area (Å²) >= 11 is 5.55. The first-order chi connectivity index (χ1) is 9.36. The third-order valence-electron chi connectivity index (χ3n) is 2.52. The van der Waals surface area contributed by atoms with Crippen molar-refractivity contribution < 1.29 is 17.6 Å². The van der Waals surface area contributed by atoms with Crippen molar-refractivity contribution in [3.05, 3.63) is 58.5 Å². The van der Waals surface area contributed by atoms with Gasteiger partial charge in [0.1, 0.15) is 0 Å². The zero-order chi connectivity index (χ0) is 14.8. The fourth-order valence-corrected chi connectivity index (χ4v) is 1.73. The largest absolute Gasteiger partial charge is 0.416 e. The molecule has 0 radical (unpaired) electrons. The lowest BCUT2D eigenvalue weighted by Gasteiger charge is -2.10. The summed E-state index contributed by atoms with van der Waals surface area (Å²) in [5.74, 6) is -0.726. The normalized spacial score (nSPS) is 11.4. The van der Waals surface area contributed by atoms with Crippen molar-refractivity contribution in [1.82, 2.24) is 4.98 Å². The van der Waals surface area contributed by atoms with Gasteiger partial charge in [-0.05, 0) is 23.8 Å². The SMILES string of the molecule is Fc1cc(Cl)cnc1NCc1cccc(C(F)(F)F)c1. The summed E-state index contributed by atoms with van der Waals surface area (Å²) in [5, 5.41) is 2.77. The average molecular weight is 305 g/mol. The van der Waals surface area contributed by atoms with Crippen LogP contribution >= 0.6 is 11.6 Å². The first-order valence-electron chi connectivity index (χ1n) is 5.57. The van der Waals surface area contributed by atoms with Crippen LogP contribution in [0.5, 0.6) is 0 Å². The molecule has 7 heteroatoms. The summed E-state index contributed by atoms with van der Waals surface area (Å²) in [5.41, 5.74) is -0.377. The zero-order valence-electron chi connectivity index (χ0n) is 10.0. The Morgan fingerprint density at radius 1 is 1.20 bits per heavy atom. The lowest BCUT2D eigenvalue weighted by atomic mass is 10.1. The lowest BCUT2D eigenvalue weighted by Crippen LogP contribution is -2.07. The number of halogens is 5. The van der Waals surface area contributed by atoms with Gasteiger partial charge < -0.3 is 5.32 Å². The van der Waals surface area contributed by atoms with Crippen LogP contribution in [0.1, 0.15) is 11.1 Å². The molecule has 0 amide bonds. The molecule has 1 N–H and O–H groups in total. The monoisotopic (exact) mass is 304 g/mol. The van der Waals surface area contributed by atoms with E-state index in [0.29, 0.717) is 5.56 Å². The second-order valence-electron chi connectivity index (χ2n) is 4.04. The Morgan fingerprint density at radius 2 is 1.95 bits per heavy atom. The average Bonchev–Trinajstić information content (AvgIpc) is 2.37. The maximum Gasteiger partial charge on any atom is 0.416 e. The van der Waals surface area contributed by atoms with E-state index in [9.17, 15) is 17.6 Å². The Bertz CT molecular complexity index is 614. The van der Waals surface area contributed by atoms with Gasteiger partial charge in [0.2, 0.25) is 0 Å². The Balaban J connectivity index is 2.11. The molecule has 0 bridgehead atoms. The molecule has 0 spiro atoms. The molecule has 0 saturated heterocycles. The number of rotatable bonds is 3. The van der Waals surface area contributed by atoms with Gasteiger partial charge in [-0.1, -0.05) is 23.7 Å². The molecule has 20 heavy (non-hydrogen) atoms. The van der Waals surface area contributed by atoms with Crippen LogP contribution in [0, 0.1) is 5.82 Å². The van der Waals surface area contributed by atoms with E-state index in [2.05, 4.69) is 10.3 Å². The van der Waals surface area contributed by atoms with E-state index in [0.717, 1.165) is 18.2 Å². The van der Waals surface area contributed by atoms with Crippen LogP contribution in [0.3, 0.4) is 0 Å². The van der Waals surface area contributed by atoms with Gasteiger partial charge in [0.15, 0.2) is 11.6 Å². The minimum atomic E-state index is -4.40. The molecule has 2 rings (SSSR count). The number of hydrogen-bond acceptors (Lipinski definition) is 2. The standard InChI is InChI=1S/C13H9ClF4N2/c14-10-5-11(15)12(20-7-10)19-6-8-2-1-3-9(4-8)13(16,17)18/h1-5,7H,6H2,(H,19,20). The second-order valence-corrected chi connectivity index (χ2v) is 4.47. The first kappa shape index (κ1) is 14.6. The molecule has 0 aliphatic rings. The first-order valence-corrected chi connectivity index (χ1v) is 5.95. The Morgan fingerprint density at radius 3 is 2.60 bits per heavy atom. The predicted molar refractivity (Wildman–Crippen MR) is 68.0 cm³/mol. The molecule has 1 aromatic heterocycles. The molecule has 0 unspecified atom stereocenters. The number of benzene rings is 1. The minimum absolute atomic E-state index is 0.0233. The van der Waals surface area contributed by atoms with Crippen molar-refractivity contribution in [1.29, 1.82) is 0 Å². The van der Waals surface area contributed by atoms with Gasteiger partial charge in [0.05, 0.1) is 10.6 Å². The smallest absolute Gasteiger partial charge is 0.364 e. The fourth-order valence-electron chi connectivity index (χ4n) is 1.59. The van der Waals surface area contributed by atoms with Crippen molar-refractivity contribution in [2.75, 3.05) is 5.32 Å². The van der Waals surface area contributed by atoms with E-state index >= 15 is 0 Å². The van der Waals surface area contributed by atoms with E-state index in [1.54, 1.807) is 0 Å². The zero-order valence-corrected chi connectivity index (χ0v) is 10.8. The predicted octanol–water partition coefficient (Wildman–Crippen LogP) is 4.51. The number of anilines is 1. The third-order valence-corrected chi connectivity index (χ3v) is 2.73. The number of nitrogens with one attached hydrogen (secondary N) is 1. The highest BCUT2D eigenvalue weighted by molar-refractivity contribution is 6.30. The van der Waals surface area contributed by atoms with Crippen molar-refractivity contribution in [2.24, 2.45) is 0 Å². The number of nitrogens with zero attached hydrogens (tertiary/aromatic N) is 1. The molecule has 106 valence electrons. The molecule has 0 aliphatic heterocycles. The molecular formula is C13H9ClF4N2. The van der Waals surface area contributed by atoms with E-state index in [1.807, 2.05) is 0 Å². The quantitative estimate of drug-likeness (QED) is 0.844. The summed E-state index contributed by atoms with van der Waals surface area (Å²) in [6.07, 6.45) is -3.15. The van der Waals surface area contributed by atoms with Gasteiger partial charge in [-0.3, -0.25) is 0 Å². The molecule has 2 aromatic rings. The molecule has 1 heterocycles. The topological polar surface area (TPSA) is 24.9 Å². The third kappa shape index (κ3) is 3.60. The van der Waals surface area contributed by atoms with E-state index in [4.69, 9.17) is 11.6 Å². The van der Waals surface area contributed by atoms with Crippen LogP contribution < -0.4 is 5.32 Å². The minimum Gasteiger partial charge on any atom is -0.364 e. The van der Waals surface area contributed by atoms with Crippen LogP contribution in [0.25, 0.3) is 0 Å². The maximum atomic E-state index is 13.4. The van der Waals surface area contributed by atoms with E-state index < -0.39 is 17.6 Å². The van der Waals surface area contributed by atoms with Gasteiger partial charge in [0.25, 0.3) is 0 Å². The van der Waals surface area contributed by atoms with Gasteiger partial charge in [0, 0.05) is 12.7 Å². The maximum absolute atomic E-state index is 13.4. The van der Waals surface area contributed by atoms with Crippen molar-refractivity contribution in [3.63, 3.8) is 0 Å². The molecule has 0 atom stereocenters. The Labute approximate surface area is 117 Å². The summed E-state index contributed by atoms with van der Waals surface area (Å²) in [7, 11) is 0. The van der Waals surface area contributed by atoms with E-state index in [-0.39, 0.29) is 17.4 Å². The van der Waals surface area contributed by atoms with E-state index in [1.165, 1.54) is 18.3 Å². The Kier molecular flexibility index (Phi) is 4.13. The summed E-state index contributed by atoms with van der Waals surface area (Å²) in [6, 6.07) is 5.86. The molecular weight excluding hydrogens is 296 g/mol. The number of hydrogen-bond donors (Lipinski definition) is 1. The van der Waals surface area contributed by atoms with Gasteiger partial charge in [-0.15, -0.1) is 0 Å². The number of pyridine rings is 1. The fraction of sp³-hybridized carbons (Fsp3) is 0.154. The number of aromatic nitrogens is 1. The van der Waals surface area contributed by atoms with Crippen molar-refractivity contribution in [3.8, 4) is 0 Å². The van der Waals surface area contributed by atoms with Gasteiger partial charge in [-0.2, -0.15) is 13.2 Å². The van der Waals surface area contributed by atoms with Crippen molar-refractivity contribution in [2.45, 2.75) is 12.7 Å². The van der Waals surface area contributed by atoms with Gasteiger partial charge in [-0.25, -0.2) is 9.37 Å². The highest BCUT2D eigenvalue weighted by Gasteiger charge is 2.30. The summed E-state index contributed by atoms with van der Waals surface area (Å²) < 4.78 is 51.0. The Hall–Kier alpha value is -1.82. The van der Waals surface area contributed by atoms with Crippen LogP contribution in [-0.2, 0) is 12.7 Å². The van der Waals surface area contributed by atoms with Gasteiger partial charge >= 0.3 is 6.18 Å². The van der Waals surface area contributed by atoms with Crippen LogP contribution in [0.4, 0.5) is 23.4 Å². The lowest BCUT2D eigenvalue weighted by molar-refractivity contribution is -0.137. The van der Waals surface area contributed by atoms with Crippen LogP contribution in [0.15, 0.2) is 36.5 Å². The summed E-state index contributed by atoms with van der Waals surface area (Å²) in [4.78, 5) is 3.72. The summed E-state index contributed by atoms with van der Waals surface area (Å²) in [6.45, 7) is 0.0233. The highest BCUT2D eigenvalue weighted by atomic mass is 35.5. The van der Waals surface area contributed by atoms with Crippen LogP contribution in [-0.4, -0.2) is 4.98 Å². The second kappa shape index (κ2) is 5.66. The molecule has 0 fully saturated rings. The molecule has 0 saturated carbocycles.